The fourth-order valence-electron chi connectivity index (χ4n) is 4.63. The van der Waals surface area contributed by atoms with Crippen molar-refractivity contribution in [2.45, 2.75) is 39.7 Å². The predicted molar refractivity (Wildman–Crippen MR) is 119 cm³/mol. The molecule has 4 heterocycles. The van der Waals surface area contributed by atoms with E-state index in [4.69, 9.17) is 10.7 Å². The number of nitrogen functional groups attached to an aromatic ring is 1. The van der Waals surface area contributed by atoms with Crippen LogP contribution in [0.25, 0.3) is 27.8 Å². The summed E-state index contributed by atoms with van der Waals surface area (Å²) in [6, 6.07) is 5.46. The summed E-state index contributed by atoms with van der Waals surface area (Å²) in [5, 5.41) is 11.8. The number of hydrogen-bond acceptors (Lipinski definition) is 6. The SMILES string of the molecule is Cc1ccc(O)c(C)c1-n1c2nc(C)c(CN3CCC(F)(F)C3)cc2c2c(N)ncnc21. The Kier molecular flexibility index (Phi) is 4.56. The van der Waals surface area contributed by atoms with Crippen LogP contribution in [0.5, 0.6) is 5.75 Å². The number of rotatable bonds is 3. The van der Waals surface area contributed by atoms with Gasteiger partial charge in [-0.1, -0.05) is 6.07 Å². The van der Waals surface area contributed by atoms with E-state index in [9.17, 15) is 13.9 Å². The van der Waals surface area contributed by atoms with Crippen LogP contribution in [-0.2, 0) is 6.54 Å². The number of pyridine rings is 1. The van der Waals surface area contributed by atoms with E-state index in [0.29, 0.717) is 41.2 Å². The maximum absolute atomic E-state index is 13.7. The Balaban J connectivity index is 1.77. The van der Waals surface area contributed by atoms with Crippen LogP contribution in [0.2, 0.25) is 0 Å². The highest BCUT2D eigenvalue weighted by Gasteiger charge is 2.38. The fourth-order valence-corrected chi connectivity index (χ4v) is 4.63. The first kappa shape index (κ1) is 20.6. The Morgan fingerprint density at radius 1 is 1.16 bits per heavy atom. The van der Waals surface area contributed by atoms with Crippen molar-refractivity contribution in [2.24, 2.45) is 0 Å². The molecule has 3 aromatic heterocycles. The van der Waals surface area contributed by atoms with Crippen molar-refractivity contribution in [3.05, 3.63) is 46.9 Å². The lowest BCUT2D eigenvalue weighted by Gasteiger charge is -2.17. The zero-order chi connectivity index (χ0) is 22.8. The van der Waals surface area contributed by atoms with E-state index in [-0.39, 0.29) is 18.7 Å². The number of alkyl halides is 2. The maximum Gasteiger partial charge on any atom is 0.261 e. The lowest BCUT2D eigenvalue weighted by Crippen LogP contribution is -2.25. The second-order valence-electron chi connectivity index (χ2n) is 8.59. The van der Waals surface area contributed by atoms with Crippen LogP contribution in [0.1, 0.15) is 28.8 Å². The van der Waals surface area contributed by atoms with E-state index in [1.807, 2.05) is 37.5 Å². The van der Waals surface area contributed by atoms with Gasteiger partial charge in [0.2, 0.25) is 0 Å². The fraction of sp³-hybridized carbons (Fsp3) is 0.348. The first-order valence-corrected chi connectivity index (χ1v) is 10.5. The van der Waals surface area contributed by atoms with Crippen molar-refractivity contribution < 1.29 is 13.9 Å². The summed E-state index contributed by atoms with van der Waals surface area (Å²) < 4.78 is 29.3. The maximum atomic E-state index is 13.7. The van der Waals surface area contributed by atoms with Gasteiger partial charge in [0, 0.05) is 36.2 Å². The van der Waals surface area contributed by atoms with Gasteiger partial charge in [0.25, 0.3) is 5.92 Å². The van der Waals surface area contributed by atoms with Crippen LogP contribution in [0.4, 0.5) is 14.6 Å². The van der Waals surface area contributed by atoms with Crippen LogP contribution < -0.4 is 5.73 Å². The zero-order valence-corrected chi connectivity index (χ0v) is 18.2. The molecule has 1 aliphatic rings. The largest absolute Gasteiger partial charge is 0.508 e. The molecule has 3 N–H and O–H groups in total. The number of aromatic hydroxyl groups is 1. The number of anilines is 1. The molecule has 0 amide bonds. The smallest absolute Gasteiger partial charge is 0.261 e. The summed E-state index contributed by atoms with van der Waals surface area (Å²) in [6.07, 6.45) is 1.28. The van der Waals surface area contributed by atoms with E-state index in [2.05, 4.69) is 9.97 Å². The van der Waals surface area contributed by atoms with Crippen molar-refractivity contribution in [1.29, 1.82) is 0 Å². The highest BCUT2D eigenvalue weighted by Crippen LogP contribution is 2.37. The molecular weight excluding hydrogens is 414 g/mol. The first-order chi connectivity index (χ1) is 15.2. The number of hydrogen-bond donors (Lipinski definition) is 2. The second-order valence-corrected chi connectivity index (χ2v) is 8.59. The molecule has 7 nitrogen and oxygen atoms in total. The summed E-state index contributed by atoms with van der Waals surface area (Å²) in [5.74, 6) is -2.16. The van der Waals surface area contributed by atoms with Crippen molar-refractivity contribution in [1.82, 2.24) is 24.4 Å². The van der Waals surface area contributed by atoms with Gasteiger partial charge < -0.3 is 10.8 Å². The quantitative estimate of drug-likeness (QED) is 0.502. The van der Waals surface area contributed by atoms with E-state index < -0.39 is 5.92 Å². The van der Waals surface area contributed by atoms with Crippen molar-refractivity contribution in [2.75, 3.05) is 18.8 Å². The van der Waals surface area contributed by atoms with Gasteiger partial charge in [-0.05, 0) is 44.0 Å². The Morgan fingerprint density at radius 3 is 2.66 bits per heavy atom. The van der Waals surface area contributed by atoms with Gasteiger partial charge in [-0.2, -0.15) is 0 Å². The number of fused-ring (bicyclic) bond motifs is 3. The summed E-state index contributed by atoms with van der Waals surface area (Å²) >= 11 is 0. The molecule has 0 unspecified atom stereocenters. The van der Waals surface area contributed by atoms with Gasteiger partial charge in [0.15, 0.2) is 5.65 Å². The van der Waals surface area contributed by atoms with Gasteiger partial charge in [-0.25, -0.2) is 23.7 Å². The Bertz CT molecular complexity index is 1380. The lowest BCUT2D eigenvalue weighted by atomic mass is 10.1. The van der Waals surface area contributed by atoms with Gasteiger partial charge in [-0.15, -0.1) is 0 Å². The summed E-state index contributed by atoms with van der Waals surface area (Å²) in [5.41, 5.74) is 11.5. The molecule has 166 valence electrons. The van der Waals surface area contributed by atoms with Crippen molar-refractivity contribution in [3.63, 3.8) is 0 Å². The standard InChI is InChI=1S/C23H24F2N6O/c1-12-4-5-17(32)13(2)19(12)31-21-16(18-20(26)27-11-28-22(18)31)8-15(14(3)29-21)9-30-7-6-23(24,25)10-30/h4-5,8,11,32H,6-7,9-10H2,1-3H3,(H2,26,27,28). The Hall–Kier alpha value is -3.33. The van der Waals surface area contributed by atoms with E-state index in [0.717, 1.165) is 27.9 Å². The number of aryl methyl sites for hydroxylation is 2. The number of phenolic OH excluding ortho intramolecular Hbond substituents is 1. The minimum Gasteiger partial charge on any atom is -0.508 e. The molecule has 1 aliphatic heterocycles. The topological polar surface area (TPSA) is 93.1 Å². The van der Waals surface area contributed by atoms with E-state index in [1.165, 1.54) is 6.33 Å². The minimum absolute atomic E-state index is 0.127. The molecule has 9 heteroatoms. The summed E-state index contributed by atoms with van der Waals surface area (Å²) in [7, 11) is 0. The molecule has 32 heavy (non-hydrogen) atoms. The van der Waals surface area contributed by atoms with E-state index >= 15 is 0 Å². The third-order valence-corrected chi connectivity index (χ3v) is 6.32. The second kappa shape index (κ2) is 7.09. The number of nitrogens with zero attached hydrogens (tertiary/aromatic N) is 5. The molecule has 0 atom stereocenters. The molecule has 1 fully saturated rings. The average Bonchev–Trinajstić information content (AvgIpc) is 3.23. The number of halogens is 2. The minimum atomic E-state index is -2.65. The third-order valence-electron chi connectivity index (χ3n) is 6.32. The Labute approximate surface area is 183 Å². The molecule has 0 bridgehead atoms. The zero-order valence-electron chi connectivity index (χ0n) is 18.2. The highest BCUT2D eigenvalue weighted by atomic mass is 19.3. The number of likely N-dealkylation sites (tertiary alicyclic amines) is 1. The number of phenols is 1. The highest BCUT2D eigenvalue weighted by molar-refractivity contribution is 6.11. The van der Waals surface area contributed by atoms with Gasteiger partial charge in [0.1, 0.15) is 23.5 Å². The van der Waals surface area contributed by atoms with Crippen LogP contribution >= 0.6 is 0 Å². The van der Waals surface area contributed by atoms with Crippen LogP contribution in [-0.4, -0.2) is 48.5 Å². The average molecular weight is 438 g/mol. The van der Waals surface area contributed by atoms with E-state index in [1.54, 1.807) is 11.0 Å². The lowest BCUT2D eigenvalue weighted by molar-refractivity contribution is 0.0115. The van der Waals surface area contributed by atoms with Gasteiger partial charge >= 0.3 is 0 Å². The molecule has 5 rings (SSSR count). The Morgan fingerprint density at radius 2 is 1.94 bits per heavy atom. The molecule has 1 saturated heterocycles. The first-order valence-electron chi connectivity index (χ1n) is 10.5. The van der Waals surface area contributed by atoms with Crippen LogP contribution in [0.15, 0.2) is 24.5 Å². The van der Waals surface area contributed by atoms with Gasteiger partial charge in [-0.3, -0.25) is 9.47 Å². The van der Waals surface area contributed by atoms with Crippen molar-refractivity contribution in [3.8, 4) is 11.4 Å². The molecule has 0 spiro atoms. The van der Waals surface area contributed by atoms with Crippen molar-refractivity contribution >= 4 is 27.9 Å². The number of benzene rings is 1. The van der Waals surface area contributed by atoms with Crippen LogP contribution in [0.3, 0.4) is 0 Å². The molecule has 4 aromatic rings. The normalized spacial score (nSPS) is 16.4. The number of aromatic nitrogens is 4. The molecule has 0 saturated carbocycles. The third kappa shape index (κ3) is 3.15. The molecule has 0 radical (unpaired) electrons. The van der Waals surface area contributed by atoms with Gasteiger partial charge in [0.05, 0.1) is 17.6 Å². The molecule has 1 aromatic carbocycles. The molecule has 0 aliphatic carbocycles. The summed E-state index contributed by atoms with van der Waals surface area (Å²) in [6.45, 7) is 6.16. The monoisotopic (exact) mass is 438 g/mol. The predicted octanol–water partition coefficient (Wildman–Crippen LogP) is 4.02. The number of nitrogens with two attached hydrogens (primary N) is 1. The van der Waals surface area contributed by atoms with Crippen LogP contribution in [0, 0.1) is 20.8 Å². The summed E-state index contributed by atoms with van der Waals surface area (Å²) in [4.78, 5) is 15.3. The molecular formula is C23H24F2N6O.